The van der Waals surface area contributed by atoms with Gasteiger partial charge < -0.3 is 15.0 Å². The Morgan fingerprint density at radius 1 is 1.26 bits per heavy atom. The van der Waals surface area contributed by atoms with Crippen LogP contribution in [0, 0.1) is 6.92 Å². The molecule has 0 radical (unpaired) electrons. The summed E-state index contributed by atoms with van der Waals surface area (Å²) in [6.07, 6.45) is 1.80. The van der Waals surface area contributed by atoms with Gasteiger partial charge in [-0.15, -0.1) is 0 Å². The molecule has 1 aliphatic heterocycles. The quantitative estimate of drug-likeness (QED) is 0.847. The van der Waals surface area contributed by atoms with E-state index in [1.807, 2.05) is 56.3 Å². The number of morpholine rings is 1. The number of anilines is 1. The van der Waals surface area contributed by atoms with E-state index in [-0.39, 0.29) is 11.9 Å². The van der Waals surface area contributed by atoms with E-state index in [4.69, 9.17) is 4.74 Å². The van der Waals surface area contributed by atoms with E-state index in [1.165, 1.54) is 0 Å². The number of aryl methyl sites for hydroxylation is 1. The number of pyridine rings is 1. The zero-order chi connectivity index (χ0) is 19.2. The normalized spacial score (nSPS) is 15.6. The summed E-state index contributed by atoms with van der Waals surface area (Å²) >= 11 is 0. The van der Waals surface area contributed by atoms with Gasteiger partial charge in [0.05, 0.1) is 13.2 Å². The number of ether oxygens (including phenoxy) is 1. The van der Waals surface area contributed by atoms with Gasteiger partial charge in [0.2, 0.25) is 5.91 Å². The third kappa shape index (κ3) is 4.84. The lowest BCUT2D eigenvalue weighted by atomic mass is 10.0. The number of hydrogen-bond acceptors (Lipinski definition) is 5. The molecule has 0 spiro atoms. The van der Waals surface area contributed by atoms with Crippen LogP contribution in [0.25, 0.3) is 0 Å². The van der Waals surface area contributed by atoms with Crippen molar-refractivity contribution in [3.8, 4) is 0 Å². The van der Waals surface area contributed by atoms with Gasteiger partial charge >= 0.3 is 0 Å². The molecule has 27 heavy (non-hydrogen) atoms. The van der Waals surface area contributed by atoms with E-state index < -0.39 is 0 Å². The highest BCUT2D eigenvalue weighted by Crippen LogP contribution is 2.21. The lowest BCUT2D eigenvalue weighted by Gasteiger charge is -2.29. The molecule has 1 fully saturated rings. The largest absolute Gasteiger partial charge is 0.378 e. The van der Waals surface area contributed by atoms with Crippen LogP contribution in [-0.4, -0.2) is 56.2 Å². The predicted molar refractivity (Wildman–Crippen MR) is 107 cm³/mol. The van der Waals surface area contributed by atoms with Gasteiger partial charge in [0, 0.05) is 31.4 Å². The van der Waals surface area contributed by atoms with Gasteiger partial charge in [0.1, 0.15) is 11.9 Å². The lowest BCUT2D eigenvalue weighted by Crippen LogP contribution is -2.39. The molecule has 1 aromatic heterocycles. The van der Waals surface area contributed by atoms with E-state index >= 15 is 0 Å². The molecule has 144 valence electrons. The molecule has 3 rings (SSSR count). The minimum absolute atomic E-state index is 0.0117. The maximum absolute atomic E-state index is 13.0. The van der Waals surface area contributed by atoms with Crippen LogP contribution < -0.4 is 10.2 Å². The van der Waals surface area contributed by atoms with Crippen molar-refractivity contribution in [1.29, 1.82) is 0 Å². The molecule has 1 N–H and O–H groups in total. The van der Waals surface area contributed by atoms with Crippen molar-refractivity contribution in [1.82, 2.24) is 15.2 Å². The van der Waals surface area contributed by atoms with Crippen LogP contribution >= 0.6 is 0 Å². The van der Waals surface area contributed by atoms with E-state index in [2.05, 4.69) is 21.3 Å². The summed E-state index contributed by atoms with van der Waals surface area (Å²) in [5, 5.41) is 3.10. The fourth-order valence-electron chi connectivity index (χ4n) is 3.43. The zero-order valence-corrected chi connectivity index (χ0v) is 16.3. The molecule has 2 heterocycles. The Morgan fingerprint density at radius 2 is 2.04 bits per heavy atom. The zero-order valence-electron chi connectivity index (χ0n) is 16.3. The Balaban J connectivity index is 1.72. The van der Waals surface area contributed by atoms with Crippen molar-refractivity contribution in [2.75, 3.05) is 45.3 Å². The first-order chi connectivity index (χ1) is 13.1. The minimum Gasteiger partial charge on any atom is -0.378 e. The molecule has 0 aliphatic carbocycles. The molecule has 1 saturated heterocycles. The Morgan fingerprint density at radius 3 is 2.74 bits per heavy atom. The van der Waals surface area contributed by atoms with Crippen molar-refractivity contribution in [3.05, 3.63) is 59.3 Å². The number of nitrogens with one attached hydrogen (secondary N) is 1. The van der Waals surface area contributed by atoms with E-state index in [1.54, 1.807) is 6.20 Å². The number of rotatable bonds is 6. The summed E-state index contributed by atoms with van der Waals surface area (Å²) in [5.41, 5.74) is 3.17. The first-order valence-electron chi connectivity index (χ1n) is 9.33. The second-order valence-corrected chi connectivity index (χ2v) is 7.08. The van der Waals surface area contributed by atoms with E-state index in [0.717, 1.165) is 35.6 Å². The summed E-state index contributed by atoms with van der Waals surface area (Å²) in [6.45, 7) is 5.55. The van der Waals surface area contributed by atoms with Gasteiger partial charge in [-0.25, -0.2) is 4.98 Å². The Bertz CT molecular complexity index is 772. The van der Waals surface area contributed by atoms with Crippen molar-refractivity contribution in [2.24, 2.45) is 0 Å². The van der Waals surface area contributed by atoms with Crippen LogP contribution in [0.1, 0.15) is 22.7 Å². The molecule has 6 nitrogen and oxygen atoms in total. The first-order valence-corrected chi connectivity index (χ1v) is 9.33. The Hall–Kier alpha value is -2.44. The molecule has 6 heteroatoms. The summed E-state index contributed by atoms with van der Waals surface area (Å²) in [5.74, 6) is 0.917. The maximum atomic E-state index is 13.0. The second-order valence-electron chi connectivity index (χ2n) is 7.08. The summed E-state index contributed by atoms with van der Waals surface area (Å²) < 4.78 is 5.43. The molecular formula is C21H28N4O2. The van der Waals surface area contributed by atoms with Gasteiger partial charge in [-0.05, 0) is 32.6 Å². The van der Waals surface area contributed by atoms with Crippen molar-refractivity contribution in [2.45, 2.75) is 19.5 Å². The highest BCUT2D eigenvalue weighted by atomic mass is 16.5. The third-order valence-corrected chi connectivity index (χ3v) is 4.75. The molecule has 1 amide bonds. The summed E-state index contributed by atoms with van der Waals surface area (Å²) in [4.78, 5) is 21.6. The predicted octanol–water partition coefficient (Wildman–Crippen LogP) is 2.15. The fraction of sp³-hybridized carbons (Fsp3) is 0.429. The Labute approximate surface area is 161 Å². The van der Waals surface area contributed by atoms with E-state index in [0.29, 0.717) is 19.8 Å². The van der Waals surface area contributed by atoms with Gasteiger partial charge in [0.15, 0.2) is 0 Å². The van der Waals surface area contributed by atoms with Crippen LogP contribution in [0.4, 0.5) is 5.82 Å². The summed E-state index contributed by atoms with van der Waals surface area (Å²) in [6, 6.07) is 11.7. The third-order valence-electron chi connectivity index (χ3n) is 4.75. The van der Waals surface area contributed by atoms with Crippen molar-refractivity contribution in [3.63, 3.8) is 0 Å². The standard InChI is InChI=1S/C21H28N4O2/c1-16-6-4-7-17(14-16)19(24(2)3)21(26)23-15-18-8-5-9-22-20(18)25-10-12-27-13-11-25/h4-9,14,19H,10-13,15H2,1-3H3,(H,23,26). The van der Waals surface area contributed by atoms with Crippen LogP contribution in [-0.2, 0) is 16.1 Å². The number of carbonyl (C=O) groups is 1. The van der Waals surface area contributed by atoms with Gasteiger partial charge in [-0.1, -0.05) is 35.9 Å². The smallest absolute Gasteiger partial charge is 0.242 e. The van der Waals surface area contributed by atoms with E-state index in [9.17, 15) is 4.79 Å². The molecule has 2 aromatic rings. The Kier molecular flexibility index (Phi) is 6.42. The number of likely N-dealkylation sites (N-methyl/N-ethyl adjacent to an activating group) is 1. The lowest BCUT2D eigenvalue weighted by molar-refractivity contribution is -0.125. The molecule has 0 bridgehead atoms. The molecule has 1 unspecified atom stereocenters. The number of hydrogen-bond donors (Lipinski definition) is 1. The number of nitrogens with zero attached hydrogens (tertiary/aromatic N) is 3. The van der Waals surface area contributed by atoms with Crippen molar-refractivity contribution >= 4 is 11.7 Å². The number of carbonyl (C=O) groups excluding carboxylic acids is 1. The SMILES string of the molecule is Cc1cccc(C(C(=O)NCc2cccnc2N2CCOCC2)N(C)C)c1. The molecule has 1 aromatic carbocycles. The number of amides is 1. The fourth-order valence-corrected chi connectivity index (χ4v) is 3.43. The molecule has 1 atom stereocenters. The highest BCUT2D eigenvalue weighted by Gasteiger charge is 2.23. The monoisotopic (exact) mass is 368 g/mol. The second kappa shape index (κ2) is 8.97. The van der Waals surface area contributed by atoms with Gasteiger partial charge in [-0.2, -0.15) is 0 Å². The van der Waals surface area contributed by atoms with Crippen LogP contribution in [0.15, 0.2) is 42.6 Å². The number of benzene rings is 1. The van der Waals surface area contributed by atoms with Crippen LogP contribution in [0.3, 0.4) is 0 Å². The molecule has 0 saturated carbocycles. The summed E-state index contributed by atoms with van der Waals surface area (Å²) in [7, 11) is 3.85. The number of aromatic nitrogens is 1. The van der Waals surface area contributed by atoms with Crippen LogP contribution in [0.5, 0.6) is 0 Å². The molecular weight excluding hydrogens is 340 g/mol. The van der Waals surface area contributed by atoms with Gasteiger partial charge in [-0.3, -0.25) is 9.69 Å². The first kappa shape index (κ1) is 19.3. The van der Waals surface area contributed by atoms with Crippen LogP contribution in [0.2, 0.25) is 0 Å². The molecule has 1 aliphatic rings. The maximum Gasteiger partial charge on any atom is 0.242 e. The topological polar surface area (TPSA) is 57.7 Å². The average molecular weight is 368 g/mol. The van der Waals surface area contributed by atoms with Gasteiger partial charge in [0.25, 0.3) is 0 Å². The highest BCUT2D eigenvalue weighted by molar-refractivity contribution is 5.83. The van der Waals surface area contributed by atoms with Crippen molar-refractivity contribution < 1.29 is 9.53 Å². The minimum atomic E-state index is -0.326. The average Bonchev–Trinajstić information content (AvgIpc) is 2.67.